The fourth-order valence-corrected chi connectivity index (χ4v) is 3.02. The Morgan fingerprint density at radius 1 is 1.40 bits per heavy atom. The minimum Gasteiger partial charge on any atom is -0.352 e. The lowest BCUT2D eigenvalue weighted by Gasteiger charge is -2.26. The van der Waals surface area contributed by atoms with Crippen LogP contribution in [0.1, 0.15) is 30.6 Å². The number of benzene rings is 1. The van der Waals surface area contributed by atoms with Crippen molar-refractivity contribution in [3.63, 3.8) is 0 Å². The standard InChI is InChI=1S/C15H20INO3/c1-11(9-15(2)19-7-8-20-15)10-17-14(18)12-5-3-4-6-13(12)16/h3-6,11H,7-10H2,1-2H3,(H,17,18). The number of rotatable bonds is 5. The van der Waals surface area contributed by atoms with Gasteiger partial charge in [-0.15, -0.1) is 0 Å². The molecule has 1 amide bonds. The van der Waals surface area contributed by atoms with E-state index in [1.807, 2.05) is 31.2 Å². The van der Waals surface area contributed by atoms with Crippen LogP contribution in [0, 0.1) is 9.49 Å². The molecule has 2 rings (SSSR count). The highest BCUT2D eigenvalue weighted by Crippen LogP contribution is 2.26. The van der Waals surface area contributed by atoms with Crippen LogP contribution in [0.25, 0.3) is 0 Å². The van der Waals surface area contributed by atoms with Gasteiger partial charge in [-0.3, -0.25) is 4.79 Å². The van der Waals surface area contributed by atoms with E-state index in [0.29, 0.717) is 25.7 Å². The van der Waals surface area contributed by atoms with E-state index in [-0.39, 0.29) is 5.91 Å². The predicted octanol–water partition coefficient (Wildman–Crippen LogP) is 2.81. The molecule has 1 aliphatic heterocycles. The number of carbonyl (C=O) groups excluding carboxylic acids is 1. The molecule has 1 heterocycles. The molecule has 1 aromatic carbocycles. The first-order valence-corrected chi connectivity index (χ1v) is 7.89. The Morgan fingerprint density at radius 2 is 2.05 bits per heavy atom. The van der Waals surface area contributed by atoms with Gasteiger partial charge in [0.1, 0.15) is 0 Å². The van der Waals surface area contributed by atoms with Gasteiger partial charge in [0.2, 0.25) is 0 Å². The van der Waals surface area contributed by atoms with Crippen LogP contribution in [0.5, 0.6) is 0 Å². The third-order valence-electron chi connectivity index (χ3n) is 3.35. The van der Waals surface area contributed by atoms with Crippen LogP contribution in [0.2, 0.25) is 0 Å². The van der Waals surface area contributed by atoms with Crippen molar-refractivity contribution in [2.24, 2.45) is 5.92 Å². The van der Waals surface area contributed by atoms with Crippen LogP contribution < -0.4 is 5.32 Å². The highest BCUT2D eigenvalue weighted by atomic mass is 127. The van der Waals surface area contributed by atoms with Gasteiger partial charge in [0.05, 0.1) is 18.8 Å². The van der Waals surface area contributed by atoms with Crippen LogP contribution in [-0.2, 0) is 9.47 Å². The SMILES string of the molecule is CC(CNC(=O)c1ccccc1I)CC1(C)OCCO1. The van der Waals surface area contributed by atoms with E-state index in [0.717, 1.165) is 15.6 Å². The lowest BCUT2D eigenvalue weighted by molar-refractivity contribution is -0.153. The third-order valence-corrected chi connectivity index (χ3v) is 4.29. The average molecular weight is 389 g/mol. The molecule has 0 saturated carbocycles. The van der Waals surface area contributed by atoms with Crippen molar-refractivity contribution in [3.8, 4) is 0 Å². The van der Waals surface area contributed by atoms with E-state index < -0.39 is 5.79 Å². The first-order chi connectivity index (χ1) is 9.50. The minimum atomic E-state index is -0.495. The summed E-state index contributed by atoms with van der Waals surface area (Å²) in [7, 11) is 0. The number of hydrogen-bond donors (Lipinski definition) is 1. The molecule has 0 aliphatic carbocycles. The maximum Gasteiger partial charge on any atom is 0.252 e. The molecule has 0 aromatic heterocycles. The molecule has 1 unspecified atom stereocenters. The smallest absolute Gasteiger partial charge is 0.252 e. The van der Waals surface area contributed by atoms with E-state index in [1.54, 1.807) is 0 Å². The summed E-state index contributed by atoms with van der Waals surface area (Å²) in [5.74, 6) is -0.227. The zero-order valence-electron chi connectivity index (χ0n) is 11.8. The molecule has 1 N–H and O–H groups in total. The second-order valence-electron chi connectivity index (χ2n) is 5.33. The van der Waals surface area contributed by atoms with Crippen molar-refractivity contribution in [2.45, 2.75) is 26.1 Å². The van der Waals surface area contributed by atoms with Gasteiger partial charge in [0.25, 0.3) is 5.91 Å². The number of ether oxygens (including phenoxy) is 2. The van der Waals surface area contributed by atoms with Crippen molar-refractivity contribution in [3.05, 3.63) is 33.4 Å². The van der Waals surface area contributed by atoms with E-state index in [1.165, 1.54) is 0 Å². The zero-order valence-corrected chi connectivity index (χ0v) is 14.0. The summed E-state index contributed by atoms with van der Waals surface area (Å²) in [5, 5.41) is 2.98. The third kappa shape index (κ3) is 4.17. The van der Waals surface area contributed by atoms with E-state index in [9.17, 15) is 4.79 Å². The Bertz CT molecular complexity index is 472. The highest BCUT2D eigenvalue weighted by molar-refractivity contribution is 14.1. The first kappa shape index (κ1) is 15.7. The predicted molar refractivity (Wildman–Crippen MR) is 85.6 cm³/mol. The maximum atomic E-state index is 12.1. The molecule has 0 radical (unpaired) electrons. The Labute approximate surface area is 133 Å². The minimum absolute atomic E-state index is 0.0275. The van der Waals surface area contributed by atoms with Crippen molar-refractivity contribution in [2.75, 3.05) is 19.8 Å². The summed E-state index contributed by atoms with van der Waals surface area (Å²) in [4.78, 5) is 12.1. The fourth-order valence-electron chi connectivity index (χ4n) is 2.39. The van der Waals surface area contributed by atoms with E-state index in [2.05, 4.69) is 34.8 Å². The maximum absolute atomic E-state index is 12.1. The lowest BCUT2D eigenvalue weighted by atomic mass is 10.0. The molecular weight excluding hydrogens is 369 g/mol. The average Bonchev–Trinajstić information content (AvgIpc) is 2.83. The largest absolute Gasteiger partial charge is 0.352 e. The van der Waals surface area contributed by atoms with Crippen LogP contribution in [0.4, 0.5) is 0 Å². The second kappa shape index (κ2) is 6.87. The highest BCUT2D eigenvalue weighted by Gasteiger charge is 2.32. The first-order valence-electron chi connectivity index (χ1n) is 6.81. The molecule has 0 spiro atoms. The molecule has 4 nitrogen and oxygen atoms in total. The van der Waals surface area contributed by atoms with Gasteiger partial charge in [-0.2, -0.15) is 0 Å². The zero-order chi connectivity index (χ0) is 14.6. The summed E-state index contributed by atoms with van der Waals surface area (Å²) in [6.45, 7) is 5.96. The number of hydrogen-bond acceptors (Lipinski definition) is 3. The Balaban J connectivity index is 1.83. The molecule has 20 heavy (non-hydrogen) atoms. The quantitative estimate of drug-likeness (QED) is 0.788. The van der Waals surface area contributed by atoms with Crippen molar-refractivity contribution >= 4 is 28.5 Å². The Kier molecular flexibility index (Phi) is 5.40. The van der Waals surface area contributed by atoms with Gasteiger partial charge in [0, 0.05) is 16.5 Å². The molecule has 1 saturated heterocycles. The van der Waals surface area contributed by atoms with Crippen LogP contribution >= 0.6 is 22.6 Å². The Morgan fingerprint density at radius 3 is 2.70 bits per heavy atom. The summed E-state index contributed by atoms with van der Waals surface area (Å²) >= 11 is 2.17. The molecule has 1 fully saturated rings. The molecule has 110 valence electrons. The summed E-state index contributed by atoms with van der Waals surface area (Å²) in [6, 6.07) is 7.57. The van der Waals surface area contributed by atoms with Crippen molar-refractivity contribution < 1.29 is 14.3 Å². The molecule has 1 aliphatic rings. The number of carbonyl (C=O) groups is 1. The molecule has 0 bridgehead atoms. The van der Waals surface area contributed by atoms with Crippen LogP contribution in [-0.4, -0.2) is 31.5 Å². The van der Waals surface area contributed by atoms with Gasteiger partial charge >= 0.3 is 0 Å². The number of amides is 1. The van der Waals surface area contributed by atoms with Gasteiger partial charge in [0.15, 0.2) is 5.79 Å². The van der Waals surface area contributed by atoms with Crippen molar-refractivity contribution in [1.82, 2.24) is 5.32 Å². The normalized spacial score (nSPS) is 18.8. The topological polar surface area (TPSA) is 47.6 Å². The summed E-state index contributed by atoms with van der Waals surface area (Å²) in [6.07, 6.45) is 0.777. The fraction of sp³-hybridized carbons (Fsp3) is 0.533. The monoisotopic (exact) mass is 389 g/mol. The molecule has 5 heteroatoms. The Hall–Kier alpha value is -0.660. The van der Waals surface area contributed by atoms with Crippen LogP contribution in [0.3, 0.4) is 0 Å². The van der Waals surface area contributed by atoms with Gasteiger partial charge in [-0.25, -0.2) is 0 Å². The van der Waals surface area contributed by atoms with E-state index in [4.69, 9.17) is 9.47 Å². The molecule has 1 aromatic rings. The van der Waals surface area contributed by atoms with Crippen LogP contribution in [0.15, 0.2) is 24.3 Å². The second-order valence-corrected chi connectivity index (χ2v) is 6.49. The number of nitrogens with one attached hydrogen (secondary N) is 1. The van der Waals surface area contributed by atoms with Crippen molar-refractivity contribution in [1.29, 1.82) is 0 Å². The van der Waals surface area contributed by atoms with E-state index >= 15 is 0 Å². The molecule has 1 atom stereocenters. The molecular formula is C15H20INO3. The number of halogens is 1. The van der Waals surface area contributed by atoms with Gasteiger partial charge in [-0.1, -0.05) is 19.1 Å². The van der Waals surface area contributed by atoms with Gasteiger partial charge in [-0.05, 0) is 47.6 Å². The van der Waals surface area contributed by atoms with Gasteiger partial charge < -0.3 is 14.8 Å². The lowest BCUT2D eigenvalue weighted by Crippen LogP contribution is -2.34. The summed E-state index contributed by atoms with van der Waals surface area (Å²) < 4.78 is 12.1. The summed E-state index contributed by atoms with van der Waals surface area (Å²) in [5.41, 5.74) is 0.722.